The molecule has 1 heterocycles. The van der Waals surface area contributed by atoms with E-state index < -0.39 is 12.0 Å². The molecule has 0 aromatic carbocycles. The molecule has 2 amide bonds. The number of carbonyl (C=O) groups is 2. The molecule has 0 fully saturated rings. The van der Waals surface area contributed by atoms with Crippen molar-refractivity contribution in [1.82, 2.24) is 15.1 Å². The van der Waals surface area contributed by atoms with Crippen LogP contribution in [-0.2, 0) is 16.1 Å². The Kier molecular flexibility index (Phi) is 5.12. The maximum absolute atomic E-state index is 11.4. The van der Waals surface area contributed by atoms with Crippen LogP contribution in [0.3, 0.4) is 0 Å². The number of anilines is 1. The largest absolute Gasteiger partial charge is 0.480 e. The van der Waals surface area contributed by atoms with Gasteiger partial charge in [-0.25, -0.2) is 4.79 Å². The van der Waals surface area contributed by atoms with Crippen molar-refractivity contribution in [3.05, 3.63) is 12.4 Å². The molecule has 1 atom stereocenters. The molecule has 0 spiro atoms. The summed E-state index contributed by atoms with van der Waals surface area (Å²) in [6.45, 7) is 1.96. The van der Waals surface area contributed by atoms with E-state index in [0.29, 0.717) is 12.2 Å². The van der Waals surface area contributed by atoms with Crippen LogP contribution in [0.15, 0.2) is 12.4 Å². The van der Waals surface area contributed by atoms with Crippen molar-refractivity contribution in [3.63, 3.8) is 0 Å². The van der Waals surface area contributed by atoms with Crippen LogP contribution >= 0.6 is 0 Å². The summed E-state index contributed by atoms with van der Waals surface area (Å²) >= 11 is 0. The van der Waals surface area contributed by atoms with Crippen LogP contribution in [-0.4, -0.2) is 46.6 Å². The molecule has 0 bridgehead atoms. The van der Waals surface area contributed by atoms with Gasteiger partial charge in [-0.05, 0) is 6.92 Å². The summed E-state index contributed by atoms with van der Waals surface area (Å²) in [6, 6.07) is -0.395. The van der Waals surface area contributed by atoms with Gasteiger partial charge < -0.3 is 20.5 Å². The predicted molar refractivity (Wildman–Crippen MR) is 63.4 cm³/mol. The van der Waals surface area contributed by atoms with Gasteiger partial charge in [0.05, 0.1) is 18.0 Å². The number of nitrogens with zero attached hydrogens (tertiary/aromatic N) is 2. The van der Waals surface area contributed by atoms with Crippen LogP contribution in [0.5, 0.6) is 0 Å². The predicted octanol–water partition coefficient (Wildman–Crippen LogP) is 0.124. The molecule has 1 aromatic heterocycles. The van der Waals surface area contributed by atoms with E-state index in [1.165, 1.54) is 17.1 Å². The van der Waals surface area contributed by atoms with Gasteiger partial charge in [0.25, 0.3) is 0 Å². The van der Waals surface area contributed by atoms with Gasteiger partial charge in [-0.15, -0.1) is 0 Å². The number of nitrogens with one attached hydrogen (secondary N) is 2. The average Bonchev–Trinajstić information content (AvgIpc) is 2.72. The number of hydrogen-bond donors (Lipinski definition) is 3. The van der Waals surface area contributed by atoms with E-state index in [-0.39, 0.29) is 12.6 Å². The van der Waals surface area contributed by atoms with E-state index in [1.807, 2.05) is 6.92 Å². The smallest absolute Gasteiger partial charge is 0.325 e. The number of aliphatic carboxylic acids is 1. The highest BCUT2D eigenvalue weighted by Gasteiger charge is 2.07. The van der Waals surface area contributed by atoms with Gasteiger partial charge in [-0.1, -0.05) is 0 Å². The number of carboxylic acid groups (broad SMARTS) is 1. The average molecular weight is 256 g/mol. The van der Waals surface area contributed by atoms with Crippen LogP contribution in [0.25, 0.3) is 0 Å². The summed E-state index contributed by atoms with van der Waals surface area (Å²) < 4.78 is 6.19. The van der Waals surface area contributed by atoms with E-state index in [2.05, 4.69) is 15.7 Å². The molecule has 8 heteroatoms. The fourth-order valence-corrected chi connectivity index (χ4v) is 1.15. The van der Waals surface area contributed by atoms with Crippen molar-refractivity contribution >= 4 is 17.7 Å². The van der Waals surface area contributed by atoms with Gasteiger partial charge in [-0.2, -0.15) is 5.10 Å². The minimum atomic E-state index is -0.997. The lowest BCUT2D eigenvalue weighted by Gasteiger charge is -2.10. The molecular formula is C10H16N4O4. The van der Waals surface area contributed by atoms with Gasteiger partial charge in [0.1, 0.15) is 6.54 Å². The standard InChI is InChI=1S/C10H16N4O4/c1-7(18-2)3-11-10(17)13-8-4-12-14(5-8)6-9(15)16/h4-5,7H,3,6H2,1-2H3,(H,15,16)(H2,11,13,17). The molecule has 1 unspecified atom stereocenters. The van der Waals surface area contributed by atoms with Crippen LogP contribution in [0.1, 0.15) is 6.92 Å². The third-order valence-corrected chi connectivity index (χ3v) is 2.14. The third-order valence-electron chi connectivity index (χ3n) is 2.14. The third kappa shape index (κ3) is 4.83. The highest BCUT2D eigenvalue weighted by Crippen LogP contribution is 2.04. The second-order valence-electron chi connectivity index (χ2n) is 3.70. The fourth-order valence-electron chi connectivity index (χ4n) is 1.15. The van der Waals surface area contributed by atoms with Crippen molar-refractivity contribution in [3.8, 4) is 0 Å². The highest BCUT2D eigenvalue weighted by molar-refractivity contribution is 5.88. The fraction of sp³-hybridized carbons (Fsp3) is 0.500. The topological polar surface area (TPSA) is 105 Å². The number of ether oxygens (including phenoxy) is 1. The quantitative estimate of drug-likeness (QED) is 0.670. The minimum absolute atomic E-state index is 0.0783. The zero-order valence-electron chi connectivity index (χ0n) is 10.2. The number of methoxy groups -OCH3 is 1. The Labute approximate surface area is 104 Å². The van der Waals surface area contributed by atoms with Gasteiger partial charge >= 0.3 is 12.0 Å². The normalized spacial score (nSPS) is 11.9. The Hall–Kier alpha value is -2.09. The molecule has 0 saturated heterocycles. The molecule has 0 radical (unpaired) electrons. The molecule has 1 rings (SSSR count). The molecular weight excluding hydrogens is 240 g/mol. The molecule has 3 N–H and O–H groups in total. The number of carbonyl (C=O) groups excluding carboxylic acids is 1. The SMILES string of the molecule is COC(C)CNC(=O)Nc1cnn(CC(=O)O)c1. The van der Waals surface area contributed by atoms with Crippen molar-refractivity contribution in [1.29, 1.82) is 0 Å². The van der Waals surface area contributed by atoms with Crippen LogP contribution in [0.2, 0.25) is 0 Å². The summed E-state index contributed by atoms with van der Waals surface area (Å²) in [5, 5.41) is 17.5. The number of urea groups is 1. The number of rotatable bonds is 6. The zero-order chi connectivity index (χ0) is 13.5. The summed E-state index contributed by atoms with van der Waals surface area (Å²) in [4.78, 5) is 21.9. The van der Waals surface area contributed by atoms with Crippen LogP contribution in [0.4, 0.5) is 10.5 Å². The summed E-state index contributed by atoms with van der Waals surface area (Å²) in [7, 11) is 1.56. The lowest BCUT2D eigenvalue weighted by atomic mass is 10.4. The summed E-state index contributed by atoms with van der Waals surface area (Å²) in [5.74, 6) is -0.997. The lowest BCUT2D eigenvalue weighted by molar-refractivity contribution is -0.137. The highest BCUT2D eigenvalue weighted by atomic mass is 16.5. The molecule has 0 aliphatic carbocycles. The number of carboxylic acids is 1. The first-order valence-corrected chi connectivity index (χ1v) is 5.33. The van der Waals surface area contributed by atoms with Gasteiger partial charge in [0.15, 0.2) is 0 Å². The van der Waals surface area contributed by atoms with Crippen molar-refractivity contribution in [2.45, 2.75) is 19.6 Å². The first kappa shape index (κ1) is 14.0. The summed E-state index contributed by atoms with van der Waals surface area (Å²) in [6.07, 6.45) is 2.74. The second-order valence-corrected chi connectivity index (χ2v) is 3.70. The van der Waals surface area contributed by atoms with Crippen LogP contribution < -0.4 is 10.6 Å². The van der Waals surface area contributed by atoms with E-state index in [0.717, 1.165) is 0 Å². The Morgan fingerprint density at radius 1 is 1.61 bits per heavy atom. The monoisotopic (exact) mass is 256 g/mol. The number of aromatic nitrogens is 2. The molecule has 1 aromatic rings. The Morgan fingerprint density at radius 3 is 2.94 bits per heavy atom. The number of hydrogen-bond acceptors (Lipinski definition) is 4. The molecule has 0 aliphatic heterocycles. The van der Waals surface area contributed by atoms with Crippen molar-refractivity contribution in [2.75, 3.05) is 19.0 Å². The Bertz CT molecular complexity index is 418. The maximum atomic E-state index is 11.4. The molecule has 100 valence electrons. The molecule has 18 heavy (non-hydrogen) atoms. The first-order chi connectivity index (χ1) is 8.51. The van der Waals surface area contributed by atoms with Gasteiger partial charge in [0, 0.05) is 19.9 Å². The van der Waals surface area contributed by atoms with E-state index in [1.54, 1.807) is 7.11 Å². The maximum Gasteiger partial charge on any atom is 0.325 e. The Balaban J connectivity index is 2.40. The van der Waals surface area contributed by atoms with Crippen LogP contribution in [0, 0.1) is 0 Å². The van der Waals surface area contributed by atoms with Gasteiger partial charge in [-0.3, -0.25) is 9.48 Å². The molecule has 8 nitrogen and oxygen atoms in total. The van der Waals surface area contributed by atoms with Crippen molar-refractivity contribution < 1.29 is 19.4 Å². The second kappa shape index (κ2) is 6.60. The first-order valence-electron chi connectivity index (χ1n) is 5.33. The Morgan fingerprint density at radius 2 is 2.33 bits per heavy atom. The van der Waals surface area contributed by atoms with Crippen molar-refractivity contribution in [2.24, 2.45) is 0 Å². The molecule has 0 aliphatic rings. The van der Waals surface area contributed by atoms with E-state index in [9.17, 15) is 9.59 Å². The zero-order valence-corrected chi connectivity index (χ0v) is 10.2. The van der Waals surface area contributed by atoms with Gasteiger partial charge in [0.2, 0.25) is 0 Å². The number of amides is 2. The van der Waals surface area contributed by atoms with E-state index in [4.69, 9.17) is 9.84 Å². The van der Waals surface area contributed by atoms with E-state index >= 15 is 0 Å². The lowest BCUT2D eigenvalue weighted by Crippen LogP contribution is -2.34. The molecule has 0 saturated carbocycles. The summed E-state index contributed by atoms with van der Waals surface area (Å²) in [5.41, 5.74) is 0.429. The minimum Gasteiger partial charge on any atom is -0.480 e.